The number of carbonyl (C=O) groups is 1. The fraction of sp³-hybridized carbons (Fsp3) is 0.900. The third kappa shape index (κ3) is 2.68. The van der Waals surface area contributed by atoms with Gasteiger partial charge in [0.05, 0.1) is 12.2 Å². The number of nitrogens with one attached hydrogen (secondary N) is 1. The topological polar surface area (TPSA) is 50.8 Å². The van der Waals surface area contributed by atoms with E-state index >= 15 is 0 Å². The Bertz CT molecular complexity index is 235. The zero-order valence-electron chi connectivity index (χ0n) is 9.12. The first kappa shape index (κ1) is 10.9. The highest BCUT2D eigenvalue weighted by atomic mass is 16.7. The van der Waals surface area contributed by atoms with Crippen molar-refractivity contribution in [3.63, 3.8) is 0 Å². The van der Waals surface area contributed by atoms with E-state index in [0.717, 1.165) is 25.9 Å². The second-order valence-electron chi connectivity index (χ2n) is 4.38. The van der Waals surface area contributed by atoms with E-state index in [1.54, 1.807) is 0 Å². The highest BCUT2D eigenvalue weighted by Gasteiger charge is 2.33. The Morgan fingerprint density at radius 1 is 1.53 bits per heavy atom. The van der Waals surface area contributed by atoms with Crippen LogP contribution < -0.4 is 5.32 Å². The molecule has 15 heavy (non-hydrogen) atoms. The van der Waals surface area contributed by atoms with Crippen molar-refractivity contribution < 1.29 is 14.4 Å². The van der Waals surface area contributed by atoms with Gasteiger partial charge in [-0.05, 0) is 19.8 Å². The number of rotatable bonds is 3. The van der Waals surface area contributed by atoms with Crippen LogP contribution in [0.3, 0.4) is 0 Å². The van der Waals surface area contributed by atoms with Crippen molar-refractivity contribution in [3.8, 4) is 0 Å². The molecule has 0 bridgehead atoms. The van der Waals surface area contributed by atoms with Gasteiger partial charge in [0.25, 0.3) is 5.91 Å². The van der Waals surface area contributed by atoms with E-state index < -0.39 is 0 Å². The number of hydroxylamine groups is 2. The summed E-state index contributed by atoms with van der Waals surface area (Å²) in [5.41, 5.74) is -0.161. The normalized spacial score (nSPS) is 24.7. The van der Waals surface area contributed by atoms with Crippen LogP contribution in [-0.2, 0) is 14.4 Å². The Labute approximate surface area is 89.7 Å². The minimum absolute atomic E-state index is 0.0668. The highest BCUT2D eigenvalue weighted by Crippen LogP contribution is 2.15. The van der Waals surface area contributed by atoms with Crippen molar-refractivity contribution in [2.75, 3.05) is 32.8 Å². The lowest BCUT2D eigenvalue weighted by Crippen LogP contribution is -2.59. The number of amides is 1. The summed E-state index contributed by atoms with van der Waals surface area (Å²) in [6.45, 7) is 5.11. The van der Waals surface area contributed by atoms with Crippen LogP contribution in [0.4, 0.5) is 0 Å². The first-order valence-corrected chi connectivity index (χ1v) is 5.48. The second kappa shape index (κ2) is 4.47. The molecular formula is C10H18N2O3. The van der Waals surface area contributed by atoms with Gasteiger partial charge in [-0.15, -0.1) is 0 Å². The van der Waals surface area contributed by atoms with E-state index in [1.807, 2.05) is 6.92 Å². The predicted octanol–water partition coefficient (Wildman–Crippen LogP) is -0.0811. The number of hydrogen-bond acceptors (Lipinski definition) is 4. The van der Waals surface area contributed by atoms with Crippen LogP contribution >= 0.6 is 0 Å². The molecule has 2 aliphatic heterocycles. The number of hydrogen-bond donors (Lipinski definition) is 1. The SMILES string of the molecule is CC1(OCC(=O)N2CCCCO2)CNC1. The summed E-state index contributed by atoms with van der Waals surface area (Å²) in [4.78, 5) is 16.9. The molecule has 2 aliphatic rings. The lowest BCUT2D eigenvalue weighted by molar-refractivity contribution is -0.205. The summed E-state index contributed by atoms with van der Waals surface area (Å²) in [5.74, 6) is -0.0668. The summed E-state index contributed by atoms with van der Waals surface area (Å²) in [6, 6.07) is 0. The van der Waals surface area contributed by atoms with Crippen molar-refractivity contribution in [3.05, 3.63) is 0 Å². The van der Waals surface area contributed by atoms with Gasteiger partial charge in [0.1, 0.15) is 6.61 Å². The number of ether oxygens (including phenoxy) is 1. The molecule has 0 radical (unpaired) electrons. The standard InChI is InChI=1S/C10H18N2O3/c1-10(7-11-8-10)14-6-9(13)12-4-2-3-5-15-12/h11H,2-8H2,1H3. The quantitative estimate of drug-likeness (QED) is 0.714. The molecule has 1 amide bonds. The number of nitrogens with zero attached hydrogens (tertiary/aromatic N) is 1. The monoisotopic (exact) mass is 214 g/mol. The van der Waals surface area contributed by atoms with Crippen LogP contribution in [-0.4, -0.2) is 49.4 Å². The van der Waals surface area contributed by atoms with Crippen LogP contribution in [0.2, 0.25) is 0 Å². The molecule has 2 fully saturated rings. The Hall–Kier alpha value is -0.650. The average Bonchev–Trinajstić information content (AvgIpc) is 2.24. The summed E-state index contributed by atoms with van der Waals surface area (Å²) in [7, 11) is 0. The van der Waals surface area contributed by atoms with Gasteiger partial charge >= 0.3 is 0 Å². The van der Waals surface area contributed by atoms with E-state index in [4.69, 9.17) is 9.57 Å². The molecule has 1 N–H and O–H groups in total. The number of carbonyl (C=O) groups excluding carboxylic acids is 1. The van der Waals surface area contributed by atoms with Crippen molar-refractivity contribution in [2.24, 2.45) is 0 Å². The Morgan fingerprint density at radius 3 is 2.87 bits per heavy atom. The highest BCUT2D eigenvalue weighted by molar-refractivity contribution is 5.76. The van der Waals surface area contributed by atoms with Gasteiger partial charge in [-0.1, -0.05) is 0 Å². The zero-order chi connectivity index (χ0) is 10.7. The van der Waals surface area contributed by atoms with E-state index in [0.29, 0.717) is 13.2 Å². The molecule has 86 valence electrons. The van der Waals surface area contributed by atoms with Gasteiger partial charge in [-0.2, -0.15) is 0 Å². The van der Waals surface area contributed by atoms with Crippen molar-refractivity contribution >= 4 is 5.91 Å². The van der Waals surface area contributed by atoms with Gasteiger partial charge in [0, 0.05) is 19.6 Å². The molecule has 2 heterocycles. The molecule has 0 unspecified atom stereocenters. The minimum atomic E-state index is -0.161. The molecule has 5 heteroatoms. The molecule has 5 nitrogen and oxygen atoms in total. The fourth-order valence-corrected chi connectivity index (χ4v) is 1.68. The smallest absolute Gasteiger partial charge is 0.272 e. The molecule has 0 aliphatic carbocycles. The minimum Gasteiger partial charge on any atom is -0.363 e. The lowest BCUT2D eigenvalue weighted by atomic mass is 10.0. The first-order valence-electron chi connectivity index (χ1n) is 5.48. The predicted molar refractivity (Wildman–Crippen MR) is 54.1 cm³/mol. The van der Waals surface area contributed by atoms with Gasteiger partial charge < -0.3 is 10.1 Å². The van der Waals surface area contributed by atoms with Crippen LogP contribution in [0.25, 0.3) is 0 Å². The van der Waals surface area contributed by atoms with E-state index in [-0.39, 0.29) is 18.1 Å². The molecule has 0 aromatic carbocycles. The van der Waals surface area contributed by atoms with Crippen LogP contribution in [0.5, 0.6) is 0 Å². The van der Waals surface area contributed by atoms with Crippen molar-refractivity contribution in [1.29, 1.82) is 0 Å². The summed E-state index contributed by atoms with van der Waals surface area (Å²) >= 11 is 0. The maximum absolute atomic E-state index is 11.6. The molecule has 2 rings (SSSR count). The zero-order valence-corrected chi connectivity index (χ0v) is 9.12. The van der Waals surface area contributed by atoms with E-state index in [9.17, 15) is 4.79 Å². The van der Waals surface area contributed by atoms with Crippen LogP contribution in [0.15, 0.2) is 0 Å². The fourth-order valence-electron chi connectivity index (χ4n) is 1.68. The van der Waals surface area contributed by atoms with Crippen LogP contribution in [0, 0.1) is 0 Å². The molecule has 2 saturated heterocycles. The summed E-state index contributed by atoms with van der Waals surface area (Å²) < 4.78 is 5.55. The van der Waals surface area contributed by atoms with Crippen LogP contribution in [0.1, 0.15) is 19.8 Å². The molecule has 0 atom stereocenters. The van der Waals surface area contributed by atoms with Gasteiger partial charge in [0.15, 0.2) is 0 Å². The Balaban J connectivity index is 1.71. The van der Waals surface area contributed by atoms with Gasteiger partial charge in [0.2, 0.25) is 0 Å². The third-order valence-electron chi connectivity index (χ3n) is 2.82. The third-order valence-corrected chi connectivity index (χ3v) is 2.82. The molecule has 0 aromatic rings. The van der Waals surface area contributed by atoms with Crippen molar-refractivity contribution in [2.45, 2.75) is 25.4 Å². The maximum Gasteiger partial charge on any atom is 0.272 e. The molecule has 0 saturated carbocycles. The Kier molecular flexibility index (Phi) is 3.23. The van der Waals surface area contributed by atoms with Gasteiger partial charge in [-0.3, -0.25) is 9.63 Å². The molecule has 0 spiro atoms. The van der Waals surface area contributed by atoms with E-state index in [2.05, 4.69) is 5.32 Å². The van der Waals surface area contributed by atoms with Gasteiger partial charge in [-0.25, -0.2) is 5.06 Å². The second-order valence-corrected chi connectivity index (χ2v) is 4.38. The summed E-state index contributed by atoms with van der Waals surface area (Å²) in [5, 5.41) is 4.55. The lowest BCUT2D eigenvalue weighted by Gasteiger charge is -2.39. The van der Waals surface area contributed by atoms with E-state index in [1.165, 1.54) is 5.06 Å². The summed E-state index contributed by atoms with van der Waals surface area (Å²) in [6.07, 6.45) is 2.05. The van der Waals surface area contributed by atoms with Crippen molar-refractivity contribution in [1.82, 2.24) is 10.4 Å². The average molecular weight is 214 g/mol. The first-order chi connectivity index (χ1) is 7.20. The Morgan fingerprint density at radius 2 is 2.33 bits per heavy atom. The molecule has 0 aromatic heterocycles. The largest absolute Gasteiger partial charge is 0.363 e. The molecular weight excluding hydrogens is 196 g/mol. The maximum atomic E-state index is 11.6.